The highest BCUT2D eigenvalue weighted by molar-refractivity contribution is 9.09. The lowest BCUT2D eigenvalue weighted by Gasteiger charge is -2.38. The summed E-state index contributed by atoms with van der Waals surface area (Å²) < 4.78 is 0. The Morgan fingerprint density at radius 3 is 2.21 bits per heavy atom. The molecule has 1 aromatic carbocycles. The van der Waals surface area contributed by atoms with Crippen molar-refractivity contribution in [2.45, 2.75) is 25.8 Å². The molecular weight excluding hydrogens is 300 g/mol. The lowest BCUT2D eigenvalue weighted by atomic mass is 10.0. The van der Waals surface area contributed by atoms with E-state index in [-0.39, 0.29) is 0 Å². The first-order valence-electron chi connectivity index (χ1n) is 7.28. The topological polar surface area (TPSA) is 6.48 Å². The Bertz CT molecular complexity index is 358. The molecule has 106 valence electrons. The van der Waals surface area contributed by atoms with Gasteiger partial charge in [0.2, 0.25) is 0 Å². The molecule has 0 saturated carbocycles. The predicted octanol–water partition coefficient (Wildman–Crippen LogP) is 3.19. The van der Waals surface area contributed by atoms with Gasteiger partial charge in [-0.25, -0.2) is 0 Å². The summed E-state index contributed by atoms with van der Waals surface area (Å²) in [7, 11) is 0. The Kier molecular flexibility index (Phi) is 5.86. The number of benzene rings is 1. The van der Waals surface area contributed by atoms with Crippen LogP contribution in [0.25, 0.3) is 0 Å². The van der Waals surface area contributed by atoms with Gasteiger partial charge in [-0.15, -0.1) is 0 Å². The molecule has 0 spiro atoms. The summed E-state index contributed by atoms with van der Waals surface area (Å²) in [4.78, 5) is 5.18. The number of nitrogens with zero attached hydrogens (tertiary/aromatic N) is 2. The molecule has 0 aromatic heterocycles. The van der Waals surface area contributed by atoms with Crippen molar-refractivity contribution < 1.29 is 0 Å². The van der Waals surface area contributed by atoms with Crippen molar-refractivity contribution in [3.63, 3.8) is 0 Å². The van der Waals surface area contributed by atoms with E-state index in [4.69, 9.17) is 0 Å². The fourth-order valence-corrected chi connectivity index (χ4v) is 3.32. The maximum atomic E-state index is 3.68. The normalized spacial score (nSPS) is 19.8. The van der Waals surface area contributed by atoms with Crippen molar-refractivity contribution in [1.29, 1.82) is 0 Å². The second-order valence-electron chi connectivity index (χ2n) is 5.69. The van der Waals surface area contributed by atoms with Crippen LogP contribution in [-0.4, -0.2) is 53.9 Å². The zero-order valence-electron chi connectivity index (χ0n) is 12.1. The number of piperazine rings is 1. The largest absolute Gasteiger partial charge is 0.300 e. The van der Waals surface area contributed by atoms with E-state index >= 15 is 0 Å². The first-order chi connectivity index (χ1) is 9.20. The van der Waals surface area contributed by atoms with E-state index in [1.54, 1.807) is 0 Å². The van der Waals surface area contributed by atoms with Crippen molar-refractivity contribution in [3.05, 3.63) is 35.9 Å². The number of halogens is 1. The molecule has 2 nitrogen and oxygen atoms in total. The third kappa shape index (κ3) is 4.30. The maximum Gasteiger partial charge on any atom is 0.0113 e. The van der Waals surface area contributed by atoms with Crippen molar-refractivity contribution in [1.82, 2.24) is 9.80 Å². The van der Waals surface area contributed by atoms with E-state index in [9.17, 15) is 0 Å². The van der Waals surface area contributed by atoms with Gasteiger partial charge in [0.15, 0.2) is 0 Å². The summed E-state index contributed by atoms with van der Waals surface area (Å²) >= 11 is 3.68. The molecule has 1 aliphatic heterocycles. The molecule has 1 fully saturated rings. The molecule has 1 atom stereocenters. The van der Waals surface area contributed by atoms with Crippen LogP contribution < -0.4 is 0 Å². The summed E-state index contributed by atoms with van der Waals surface area (Å²) in [6, 6.07) is 11.6. The Morgan fingerprint density at radius 2 is 1.68 bits per heavy atom. The highest BCUT2D eigenvalue weighted by Crippen LogP contribution is 2.20. The Labute approximate surface area is 125 Å². The van der Waals surface area contributed by atoms with Crippen molar-refractivity contribution in [2.75, 3.05) is 38.1 Å². The molecule has 0 bridgehead atoms. The van der Waals surface area contributed by atoms with Crippen LogP contribution >= 0.6 is 15.9 Å². The first kappa shape index (κ1) is 15.0. The molecule has 1 unspecified atom stereocenters. The summed E-state index contributed by atoms with van der Waals surface area (Å²) in [6.45, 7) is 10.6. The van der Waals surface area contributed by atoms with Crippen molar-refractivity contribution >= 4 is 15.9 Å². The average Bonchev–Trinajstić information content (AvgIpc) is 2.46. The van der Waals surface area contributed by atoms with Gasteiger partial charge in [-0.3, -0.25) is 4.90 Å². The van der Waals surface area contributed by atoms with E-state index in [1.165, 1.54) is 38.3 Å². The van der Waals surface area contributed by atoms with Crippen LogP contribution in [0.4, 0.5) is 0 Å². The Morgan fingerprint density at radius 1 is 1.05 bits per heavy atom. The van der Waals surface area contributed by atoms with Crippen molar-refractivity contribution in [2.24, 2.45) is 0 Å². The fourth-order valence-electron chi connectivity index (χ4n) is 2.74. The summed E-state index contributed by atoms with van der Waals surface area (Å²) in [5.74, 6) is 0.604. The van der Waals surface area contributed by atoms with Crippen LogP contribution in [0.5, 0.6) is 0 Å². The average molecular weight is 325 g/mol. The third-order valence-corrected chi connectivity index (χ3v) is 4.85. The number of hydrogen-bond donors (Lipinski definition) is 0. The highest BCUT2D eigenvalue weighted by Gasteiger charge is 2.21. The zero-order chi connectivity index (χ0) is 13.7. The van der Waals surface area contributed by atoms with Gasteiger partial charge in [0.1, 0.15) is 0 Å². The van der Waals surface area contributed by atoms with E-state index < -0.39 is 0 Å². The lowest BCUT2D eigenvalue weighted by Crippen LogP contribution is -2.49. The van der Waals surface area contributed by atoms with Crippen LogP contribution in [0.1, 0.15) is 25.3 Å². The smallest absolute Gasteiger partial charge is 0.0113 e. The molecule has 2 rings (SSSR count). The lowest BCUT2D eigenvalue weighted by molar-refractivity contribution is 0.105. The van der Waals surface area contributed by atoms with Crippen molar-refractivity contribution in [3.8, 4) is 0 Å². The second kappa shape index (κ2) is 7.41. The van der Waals surface area contributed by atoms with Gasteiger partial charge in [0.25, 0.3) is 0 Å². The third-order valence-electron chi connectivity index (χ3n) is 4.07. The summed E-state index contributed by atoms with van der Waals surface area (Å²) in [6.07, 6.45) is 0. The Hall–Kier alpha value is -0.380. The van der Waals surface area contributed by atoms with Gasteiger partial charge in [-0.05, 0) is 19.4 Å². The van der Waals surface area contributed by atoms with Gasteiger partial charge in [-0.1, -0.05) is 46.3 Å². The molecule has 0 amide bonds. The van der Waals surface area contributed by atoms with Gasteiger partial charge in [-0.2, -0.15) is 0 Å². The minimum absolute atomic E-state index is 0.604. The molecule has 3 heteroatoms. The Balaban J connectivity index is 1.87. The SMILES string of the molecule is CC(C)N1CCN(CC(CBr)c2ccccc2)CC1. The standard InChI is InChI=1S/C16H25BrN2/c1-14(2)19-10-8-18(9-11-19)13-16(12-17)15-6-4-3-5-7-15/h3-7,14,16H,8-13H2,1-2H3. The van der Waals surface area contributed by atoms with Crippen LogP contribution in [0.2, 0.25) is 0 Å². The predicted molar refractivity (Wildman–Crippen MR) is 86.1 cm³/mol. The quantitative estimate of drug-likeness (QED) is 0.767. The van der Waals surface area contributed by atoms with E-state index in [2.05, 4.69) is 69.9 Å². The molecule has 0 N–H and O–H groups in total. The fraction of sp³-hybridized carbons (Fsp3) is 0.625. The number of hydrogen-bond acceptors (Lipinski definition) is 2. The molecule has 1 saturated heterocycles. The maximum absolute atomic E-state index is 3.68. The van der Waals surface area contributed by atoms with Gasteiger partial charge in [0, 0.05) is 50.0 Å². The minimum atomic E-state index is 0.604. The van der Waals surface area contributed by atoms with Gasteiger partial charge in [0.05, 0.1) is 0 Å². The second-order valence-corrected chi connectivity index (χ2v) is 6.34. The molecular formula is C16H25BrN2. The van der Waals surface area contributed by atoms with Gasteiger partial charge >= 0.3 is 0 Å². The zero-order valence-corrected chi connectivity index (χ0v) is 13.6. The van der Waals surface area contributed by atoms with E-state index in [0.29, 0.717) is 12.0 Å². The van der Waals surface area contributed by atoms with Crippen LogP contribution in [0.3, 0.4) is 0 Å². The van der Waals surface area contributed by atoms with Crippen LogP contribution in [0, 0.1) is 0 Å². The molecule has 19 heavy (non-hydrogen) atoms. The molecule has 1 heterocycles. The van der Waals surface area contributed by atoms with E-state index in [1.807, 2.05) is 0 Å². The number of alkyl halides is 1. The van der Waals surface area contributed by atoms with Crippen LogP contribution in [-0.2, 0) is 0 Å². The summed E-state index contributed by atoms with van der Waals surface area (Å²) in [5.41, 5.74) is 1.45. The molecule has 0 aliphatic carbocycles. The summed E-state index contributed by atoms with van der Waals surface area (Å²) in [5, 5.41) is 1.04. The highest BCUT2D eigenvalue weighted by atomic mass is 79.9. The molecule has 0 radical (unpaired) electrons. The van der Waals surface area contributed by atoms with E-state index in [0.717, 1.165) is 5.33 Å². The molecule has 1 aromatic rings. The first-order valence-corrected chi connectivity index (χ1v) is 8.40. The van der Waals surface area contributed by atoms with Crippen LogP contribution in [0.15, 0.2) is 30.3 Å². The monoisotopic (exact) mass is 324 g/mol. The molecule has 1 aliphatic rings. The number of rotatable bonds is 5. The van der Waals surface area contributed by atoms with Gasteiger partial charge < -0.3 is 4.90 Å². The minimum Gasteiger partial charge on any atom is -0.300 e.